The van der Waals surface area contributed by atoms with E-state index in [2.05, 4.69) is 9.97 Å². The van der Waals surface area contributed by atoms with Gasteiger partial charge in [0.15, 0.2) is 11.7 Å². The zero-order chi connectivity index (χ0) is 21.2. The van der Waals surface area contributed by atoms with E-state index in [1.165, 1.54) is 11.0 Å². The maximum atomic E-state index is 12.8. The maximum Gasteiger partial charge on any atom is 0.451 e. The molecule has 2 aliphatic heterocycles. The minimum atomic E-state index is -4.60. The number of Topliss-reactive ketones (excluding diaryl/α,β-unsaturated/α-hetero) is 1. The van der Waals surface area contributed by atoms with Crippen molar-refractivity contribution in [1.82, 2.24) is 14.9 Å². The molecule has 2 fully saturated rings. The van der Waals surface area contributed by atoms with E-state index < -0.39 is 35.6 Å². The third-order valence-corrected chi connectivity index (χ3v) is 5.06. The van der Waals surface area contributed by atoms with Gasteiger partial charge in [0.05, 0.1) is 13.2 Å². The molecule has 0 aliphatic carbocycles. The number of carbonyl (C=O) groups excluding carboxylic acids is 3. The number of hydrogen-bond donors (Lipinski definition) is 0. The van der Waals surface area contributed by atoms with Crippen molar-refractivity contribution in [2.45, 2.75) is 25.9 Å². The molecule has 0 saturated carbocycles. The van der Waals surface area contributed by atoms with Crippen LogP contribution in [0.15, 0.2) is 12.3 Å². The van der Waals surface area contributed by atoms with E-state index in [0.29, 0.717) is 32.5 Å². The number of amides is 1. The van der Waals surface area contributed by atoms with Crippen molar-refractivity contribution in [2.75, 3.05) is 37.7 Å². The monoisotopic (exact) mass is 414 g/mol. The number of halogens is 3. The Morgan fingerprint density at radius 3 is 2.59 bits per heavy atom. The Morgan fingerprint density at radius 1 is 1.28 bits per heavy atom. The summed E-state index contributed by atoms with van der Waals surface area (Å²) in [5.41, 5.74) is 0. The molecule has 1 aromatic rings. The van der Waals surface area contributed by atoms with Crippen LogP contribution in [0, 0.1) is 11.8 Å². The summed E-state index contributed by atoms with van der Waals surface area (Å²) in [6, 6.07) is 1.43. The predicted molar refractivity (Wildman–Crippen MR) is 93.7 cm³/mol. The highest BCUT2D eigenvalue weighted by Gasteiger charge is 2.45. The molecule has 0 radical (unpaired) electrons. The van der Waals surface area contributed by atoms with Gasteiger partial charge in [-0.15, -0.1) is 0 Å². The summed E-state index contributed by atoms with van der Waals surface area (Å²) in [5.74, 6) is -4.09. The normalized spacial score (nSPS) is 21.0. The molecule has 0 N–H and O–H groups in total. The Bertz CT molecular complexity index is 794. The van der Waals surface area contributed by atoms with Crippen LogP contribution in [0.4, 0.5) is 19.0 Å². The van der Waals surface area contributed by atoms with Gasteiger partial charge in [0.1, 0.15) is 5.82 Å². The number of piperidine rings is 1. The van der Waals surface area contributed by atoms with Crippen molar-refractivity contribution in [3.63, 3.8) is 0 Å². The van der Waals surface area contributed by atoms with Gasteiger partial charge < -0.3 is 14.5 Å². The number of anilines is 1. The van der Waals surface area contributed by atoms with Gasteiger partial charge in [-0.2, -0.15) is 13.2 Å². The summed E-state index contributed by atoms with van der Waals surface area (Å²) in [4.78, 5) is 46.2. The lowest BCUT2D eigenvalue weighted by molar-refractivity contribution is -0.154. The first-order chi connectivity index (χ1) is 13.7. The quantitative estimate of drug-likeness (QED) is 0.530. The number of esters is 1. The van der Waals surface area contributed by atoms with Crippen molar-refractivity contribution in [3.8, 4) is 0 Å². The molecule has 2 aliphatic rings. The molecule has 1 unspecified atom stereocenters. The van der Waals surface area contributed by atoms with E-state index in [-0.39, 0.29) is 24.9 Å². The minimum Gasteiger partial charge on any atom is -0.465 e. The van der Waals surface area contributed by atoms with Crippen LogP contribution in [0.2, 0.25) is 0 Å². The number of hydrogen-bond acceptors (Lipinski definition) is 7. The van der Waals surface area contributed by atoms with E-state index >= 15 is 0 Å². The standard InChI is InChI=1S/C18H21F3N4O4/c1-2-29-16(28)14-12(26)10-25(15(14)27)9-11-4-7-24(8-5-11)13-3-6-22-17(23-13)18(19,20)21/h3,6,11,14H,2,4-5,7-10H2,1H3. The Morgan fingerprint density at radius 2 is 1.97 bits per heavy atom. The topological polar surface area (TPSA) is 92.7 Å². The molecule has 8 nitrogen and oxygen atoms in total. The molecule has 0 spiro atoms. The molecular formula is C18H21F3N4O4. The Labute approximate surface area is 165 Å². The van der Waals surface area contributed by atoms with Gasteiger partial charge in [0, 0.05) is 25.8 Å². The molecule has 1 amide bonds. The smallest absolute Gasteiger partial charge is 0.451 e. The summed E-state index contributed by atoms with van der Waals surface area (Å²) >= 11 is 0. The highest BCUT2D eigenvalue weighted by molar-refractivity contribution is 6.21. The number of carbonyl (C=O) groups is 3. The zero-order valence-corrected chi connectivity index (χ0v) is 15.8. The van der Waals surface area contributed by atoms with E-state index in [0.717, 1.165) is 6.20 Å². The third-order valence-electron chi connectivity index (χ3n) is 5.06. The van der Waals surface area contributed by atoms with Crippen molar-refractivity contribution < 1.29 is 32.3 Å². The summed E-state index contributed by atoms with van der Waals surface area (Å²) in [6.45, 7) is 2.83. The molecular weight excluding hydrogens is 393 g/mol. The Kier molecular flexibility index (Phi) is 6.04. The van der Waals surface area contributed by atoms with Crippen molar-refractivity contribution in [2.24, 2.45) is 11.8 Å². The van der Waals surface area contributed by atoms with Crippen molar-refractivity contribution >= 4 is 23.5 Å². The first kappa shape index (κ1) is 21.0. The molecule has 29 heavy (non-hydrogen) atoms. The SMILES string of the molecule is CCOC(=O)C1C(=O)CN(CC2CCN(c3ccnc(C(F)(F)F)n3)CC2)C1=O. The molecule has 11 heteroatoms. The number of alkyl halides is 3. The first-order valence-corrected chi connectivity index (χ1v) is 9.34. The van der Waals surface area contributed by atoms with Gasteiger partial charge >= 0.3 is 12.1 Å². The van der Waals surface area contributed by atoms with Crippen molar-refractivity contribution in [1.29, 1.82) is 0 Å². The maximum absolute atomic E-state index is 12.8. The molecule has 3 heterocycles. The van der Waals surface area contributed by atoms with Crippen LogP contribution in [0.25, 0.3) is 0 Å². The lowest BCUT2D eigenvalue weighted by Gasteiger charge is -2.34. The Hall–Kier alpha value is -2.72. The molecule has 0 aromatic carbocycles. The number of rotatable bonds is 5. The summed E-state index contributed by atoms with van der Waals surface area (Å²) in [6.07, 6.45) is -2.28. The van der Waals surface area contributed by atoms with E-state index in [9.17, 15) is 27.6 Å². The summed E-state index contributed by atoms with van der Waals surface area (Å²) in [5, 5.41) is 0. The lowest BCUT2D eigenvalue weighted by atomic mass is 9.96. The number of aromatic nitrogens is 2. The number of likely N-dealkylation sites (tertiary alicyclic amines) is 1. The van der Waals surface area contributed by atoms with Crippen LogP contribution in [0.3, 0.4) is 0 Å². The molecule has 158 valence electrons. The fourth-order valence-electron chi connectivity index (χ4n) is 3.61. The van der Waals surface area contributed by atoms with Crippen LogP contribution in [0.5, 0.6) is 0 Å². The highest BCUT2D eigenvalue weighted by atomic mass is 19.4. The van der Waals surface area contributed by atoms with E-state index in [4.69, 9.17) is 4.74 Å². The van der Waals surface area contributed by atoms with Gasteiger partial charge in [0.25, 0.3) is 0 Å². The second-order valence-corrected chi connectivity index (χ2v) is 7.04. The number of ketones is 1. The molecule has 0 bridgehead atoms. The molecule has 1 aromatic heterocycles. The van der Waals surface area contributed by atoms with Crippen LogP contribution in [0.1, 0.15) is 25.6 Å². The van der Waals surface area contributed by atoms with Gasteiger partial charge in [-0.05, 0) is 31.7 Å². The van der Waals surface area contributed by atoms with Crippen LogP contribution < -0.4 is 4.90 Å². The van der Waals surface area contributed by atoms with Crippen LogP contribution in [-0.2, 0) is 25.3 Å². The highest BCUT2D eigenvalue weighted by Crippen LogP contribution is 2.29. The molecule has 3 rings (SSSR count). The van der Waals surface area contributed by atoms with Crippen LogP contribution >= 0.6 is 0 Å². The zero-order valence-electron chi connectivity index (χ0n) is 15.8. The number of nitrogens with zero attached hydrogens (tertiary/aromatic N) is 4. The third kappa shape index (κ3) is 4.65. The van der Waals surface area contributed by atoms with Gasteiger partial charge in [-0.25, -0.2) is 9.97 Å². The Balaban J connectivity index is 1.56. The van der Waals surface area contributed by atoms with Crippen LogP contribution in [-0.4, -0.2) is 65.3 Å². The summed E-state index contributed by atoms with van der Waals surface area (Å²) < 4.78 is 43.2. The van der Waals surface area contributed by atoms with E-state index in [1.807, 2.05) is 0 Å². The molecule has 1 atom stereocenters. The van der Waals surface area contributed by atoms with Gasteiger partial charge in [-0.1, -0.05) is 0 Å². The minimum absolute atomic E-state index is 0.0767. The second-order valence-electron chi connectivity index (χ2n) is 7.04. The number of ether oxygens (including phenoxy) is 1. The second kappa shape index (κ2) is 8.34. The fraction of sp³-hybridized carbons (Fsp3) is 0.611. The van der Waals surface area contributed by atoms with E-state index in [1.54, 1.807) is 11.8 Å². The fourth-order valence-corrected chi connectivity index (χ4v) is 3.61. The van der Waals surface area contributed by atoms with Gasteiger partial charge in [-0.3, -0.25) is 14.4 Å². The predicted octanol–water partition coefficient (Wildman–Crippen LogP) is 1.30. The van der Waals surface area contributed by atoms with Crippen molar-refractivity contribution in [3.05, 3.63) is 18.1 Å². The average Bonchev–Trinajstić information content (AvgIpc) is 2.95. The molecule has 2 saturated heterocycles. The largest absolute Gasteiger partial charge is 0.465 e. The average molecular weight is 414 g/mol. The van der Waals surface area contributed by atoms with Gasteiger partial charge in [0.2, 0.25) is 11.7 Å². The summed E-state index contributed by atoms with van der Waals surface area (Å²) in [7, 11) is 0. The first-order valence-electron chi connectivity index (χ1n) is 9.34. The lowest BCUT2D eigenvalue weighted by Crippen LogP contribution is -2.40.